The molecule has 0 bridgehead atoms. The van der Waals surface area contributed by atoms with Gasteiger partial charge in [-0.3, -0.25) is 4.79 Å². The molecule has 0 spiro atoms. The van der Waals surface area contributed by atoms with Crippen LogP contribution in [-0.4, -0.2) is 48.9 Å². The number of hydrogen-bond acceptors (Lipinski definition) is 7. The number of rotatable bonds is 4. The maximum absolute atomic E-state index is 12.4. The zero-order valence-corrected chi connectivity index (χ0v) is 14.1. The van der Waals surface area contributed by atoms with Gasteiger partial charge in [-0.15, -0.1) is 10.2 Å². The average Bonchev–Trinajstić information content (AvgIpc) is 3.24. The topological polar surface area (TPSA) is 102 Å². The minimum absolute atomic E-state index is 0.207. The number of carbonyl (C=O) groups excluding carboxylic acids is 1. The lowest BCUT2D eigenvalue weighted by molar-refractivity contribution is 0.102. The molecule has 9 heteroatoms. The summed E-state index contributed by atoms with van der Waals surface area (Å²) in [5, 5.41) is 14.8. The molecule has 0 aromatic carbocycles. The van der Waals surface area contributed by atoms with Gasteiger partial charge in [-0.05, 0) is 37.5 Å². The summed E-state index contributed by atoms with van der Waals surface area (Å²) in [6.07, 6.45) is 8.43. The highest BCUT2D eigenvalue weighted by atomic mass is 16.2. The monoisotopic (exact) mass is 350 g/mol. The van der Waals surface area contributed by atoms with Crippen molar-refractivity contribution in [1.82, 2.24) is 29.9 Å². The Kier molecular flexibility index (Phi) is 4.50. The second-order valence-corrected chi connectivity index (χ2v) is 5.99. The van der Waals surface area contributed by atoms with E-state index in [-0.39, 0.29) is 11.6 Å². The molecular weight excluding hydrogens is 332 g/mol. The number of nitrogens with zero attached hydrogens (tertiary/aromatic N) is 7. The van der Waals surface area contributed by atoms with Crippen molar-refractivity contribution in [2.75, 3.05) is 23.3 Å². The third-order valence-corrected chi connectivity index (χ3v) is 4.20. The van der Waals surface area contributed by atoms with Crippen LogP contribution >= 0.6 is 0 Å². The number of nitrogens with one attached hydrogen (secondary N) is 1. The lowest BCUT2D eigenvalue weighted by Crippen LogP contribution is -2.30. The van der Waals surface area contributed by atoms with E-state index < -0.39 is 0 Å². The van der Waals surface area contributed by atoms with Crippen LogP contribution in [0.3, 0.4) is 0 Å². The fourth-order valence-electron chi connectivity index (χ4n) is 2.86. The van der Waals surface area contributed by atoms with E-state index in [1.165, 1.54) is 12.7 Å². The standard InChI is InChI=1S/C17H18N8O/c26-17(13-5-6-15(23-22-13)25-10-4-7-20-25)21-14-11-16(19-12-18-14)24-8-2-1-3-9-24/h4-7,10-12H,1-3,8-9H2,(H,18,19,21,26). The number of anilines is 2. The molecule has 1 amide bonds. The molecule has 1 saturated heterocycles. The van der Waals surface area contributed by atoms with Gasteiger partial charge in [0, 0.05) is 31.5 Å². The fraction of sp³-hybridized carbons (Fsp3) is 0.294. The van der Waals surface area contributed by atoms with Gasteiger partial charge in [-0.1, -0.05) is 0 Å². The first-order valence-corrected chi connectivity index (χ1v) is 8.52. The quantitative estimate of drug-likeness (QED) is 0.764. The number of piperidine rings is 1. The normalized spacial score (nSPS) is 14.2. The van der Waals surface area contributed by atoms with Crippen molar-refractivity contribution in [1.29, 1.82) is 0 Å². The summed E-state index contributed by atoms with van der Waals surface area (Å²) in [7, 11) is 0. The maximum Gasteiger partial charge on any atom is 0.277 e. The highest BCUT2D eigenvalue weighted by Gasteiger charge is 2.15. The molecule has 0 aliphatic carbocycles. The summed E-state index contributed by atoms with van der Waals surface area (Å²) in [4.78, 5) is 23.0. The summed E-state index contributed by atoms with van der Waals surface area (Å²) < 4.78 is 1.57. The smallest absolute Gasteiger partial charge is 0.277 e. The van der Waals surface area contributed by atoms with Crippen LogP contribution < -0.4 is 10.2 Å². The second-order valence-electron chi connectivity index (χ2n) is 5.99. The van der Waals surface area contributed by atoms with Crippen molar-refractivity contribution in [3.05, 3.63) is 48.7 Å². The van der Waals surface area contributed by atoms with Crippen LogP contribution in [0.15, 0.2) is 43.0 Å². The van der Waals surface area contributed by atoms with Crippen molar-refractivity contribution in [2.45, 2.75) is 19.3 Å². The Bertz CT molecular complexity index is 872. The van der Waals surface area contributed by atoms with E-state index in [2.05, 4.69) is 35.5 Å². The molecule has 4 heterocycles. The van der Waals surface area contributed by atoms with Crippen molar-refractivity contribution in [2.24, 2.45) is 0 Å². The molecule has 1 N–H and O–H groups in total. The molecule has 1 fully saturated rings. The molecule has 1 aliphatic heterocycles. The van der Waals surface area contributed by atoms with Gasteiger partial charge in [-0.2, -0.15) is 5.10 Å². The van der Waals surface area contributed by atoms with Gasteiger partial charge in [0.25, 0.3) is 5.91 Å². The van der Waals surface area contributed by atoms with Gasteiger partial charge in [0.2, 0.25) is 0 Å². The number of aromatic nitrogens is 6. The van der Waals surface area contributed by atoms with Gasteiger partial charge in [-0.25, -0.2) is 14.6 Å². The molecule has 132 valence electrons. The van der Waals surface area contributed by atoms with E-state index in [4.69, 9.17) is 0 Å². The van der Waals surface area contributed by atoms with Crippen LogP contribution in [0.2, 0.25) is 0 Å². The fourth-order valence-corrected chi connectivity index (χ4v) is 2.86. The minimum Gasteiger partial charge on any atom is -0.356 e. The van der Waals surface area contributed by atoms with Gasteiger partial charge in [0.05, 0.1) is 0 Å². The first kappa shape index (κ1) is 16.1. The van der Waals surface area contributed by atoms with E-state index in [1.54, 1.807) is 41.3 Å². The number of amides is 1. The van der Waals surface area contributed by atoms with Crippen LogP contribution in [0, 0.1) is 0 Å². The third kappa shape index (κ3) is 3.51. The Morgan fingerprint density at radius 3 is 2.65 bits per heavy atom. The van der Waals surface area contributed by atoms with Gasteiger partial charge < -0.3 is 10.2 Å². The molecule has 1 aliphatic rings. The predicted molar refractivity (Wildman–Crippen MR) is 95.2 cm³/mol. The van der Waals surface area contributed by atoms with Crippen LogP contribution in [0.4, 0.5) is 11.6 Å². The molecule has 0 radical (unpaired) electrons. The first-order valence-electron chi connectivity index (χ1n) is 8.52. The van der Waals surface area contributed by atoms with E-state index in [1.807, 2.05) is 0 Å². The molecule has 0 unspecified atom stereocenters. The van der Waals surface area contributed by atoms with Crippen LogP contribution in [-0.2, 0) is 0 Å². The van der Waals surface area contributed by atoms with Gasteiger partial charge in [0.1, 0.15) is 18.0 Å². The van der Waals surface area contributed by atoms with Crippen molar-refractivity contribution >= 4 is 17.5 Å². The van der Waals surface area contributed by atoms with E-state index in [0.29, 0.717) is 11.6 Å². The minimum atomic E-state index is -0.368. The van der Waals surface area contributed by atoms with Crippen LogP contribution in [0.5, 0.6) is 0 Å². The molecule has 3 aromatic rings. The Morgan fingerprint density at radius 1 is 1.04 bits per heavy atom. The average molecular weight is 350 g/mol. The Morgan fingerprint density at radius 2 is 1.92 bits per heavy atom. The van der Waals surface area contributed by atoms with Gasteiger partial charge >= 0.3 is 0 Å². The molecular formula is C17H18N8O. The predicted octanol–water partition coefficient (Wildman–Crippen LogP) is 1.69. The molecule has 0 atom stereocenters. The largest absolute Gasteiger partial charge is 0.356 e. The Balaban J connectivity index is 1.46. The van der Waals surface area contributed by atoms with Crippen molar-refractivity contribution in [3.8, 4) is 5.82 Å². The van der Waals surface area contributed by atoms with E-state index in [9.17, 15) is 4.79 Å². The number of hydrogen-bond donors (Lipinski definition) is 1. The van der Waals surface area contributed by atoms with E-state index >= 15 is 0 Å². The zero-order chi connectivity index (χ0) is 17.8. The SMILES string of the molecule is O=C(Nc1cc(N2CCCCC2)ncn1)c1ccc(-n2cccn2)nn1. The molecule has 4 rings (SSSR count). The summed E-state index contributed by atoms with van der Waals surface area (Å²) >= 11 is 0. The Labute approximate surface area is 150 Å². The summed E-state index contributed by atoms with van der Waals surface area (Å²) in [6.45, 7) is 1.95. The summed E-state index contributed by atoms with van der Waals surface area (Å²) in [6, 6.07) is 6.87. The number of carbonyl (C=O) groups is 1. The Hall–Kier alpha value is -3.36. The molecule has 3 aromatic heterocycles. The van der Waals surface area contributed by atoms with Gasteiger partial charge in [0.15, 0.2) is 11.5 Å². The van der Waals surface area contributed by atoms with Crippen molar-refractivity contribution < 1.29 is 4.79 Å². The second kappa shape index (κ2) is 7.26. The maximum atomic E-state index is 12.4. The lowest BCUT2D eigenvalue weighted by atomic mass is 10.1. The molecule has 0 saturated carbocycles. The highest BCUT2D eigenvalue weighted by Crippen LogP contribution is 2.19. The van der Waals surface area contributed by atoms with Crippen LogP contribution in [0.25, 0.3) is 5.82 Å². The molecule has 9 nitrogen and oxygen atoms in total. The van der Waals surface area contributed by atoms with Crippen LogP contribution in [0.1, 0.15) is 29.8 Å². The lowest BCUT2D eigenvalue weighted by Gasteiger charge is -2.27. The van der Waals surface area contributed by atoms with E-state index in [0.717, 1.165) is 31.7 Å². The van der Waals surface area contributed by atoms with Crippen molar-refractivity contribution in [3.63, 3.8) is 0 Å². The summed E-state index contributed by atoms with van der Waals surface area (Å²) in [5.41, 5.74) is 0.207. The summed E-state index contributed by atoms with van der Waals surface area (Å²) in [5.74, 6) is 1.45. The zero-order valence-electron chi connectivity index (χ0n) is 14.1. The highest BCUT2D eigenvalue weighted by molar-refractivity contribution is 6.02. The molecule has 26 heavy (non-hydrogen) atoms. The third-order valence-electron chi connectivity index (χ3n) is 4.20. The first-order chi connectivity index (χ1) is 12.8.